The Morgan fingerprint density at radius 3 is 2.44 bits per heavy atom. The maximum absolute atomic E-state index is 9.84. The quantitative estimate of drug-likeness (QED) is 0.899. The summed E-state index contributed by atoms with van der Waals surface area (Å²) < 4.78 is 0. The van der Waals surface area contributed by atoms with Gasteiger partial charge in [0.2, 0.25) is 0 Å². The molecule has 0 radical (unpaired) electrons. The molecular formula is C15H19NOS. The molecule has 2 atom stereocenters. The van der Waals surface area contributed by atoms with Gasteiger partial charge < -0.3 is 10.0 Å². The van der Waals surface area contributed by atoms with Crippen molar-refractivity contribution in [3.63, 3.8) is 0 Å². The molecule has 0 aliphatic rings. The van der Waals surface area contributed by atoms with E-state index in [1.54, 1.807) is 11.3 Å². The van der Waals surface area contributed by atoms with Crippen LogP contribution in [0, 0.1) is 0 Å². The molecule has 2 nitrogen and oxygen atoms in total. The summed E-state index contributed by atoms with van der Waals surface area (Å²) in [5.74, 6) is 0. The minimum absolute atomic E-state index is 0.310. The third-order valence-electron chi connectivity index (χ3n) is 3.30. The first kappa shape index (κ1) is 13.1. The van der Waals surface area contributed by atoms with Gasteiger partial charge in [-0.05, 0) is 31.4 Å². The smallest absolute Gasteiger partial charge is 0.0781 e. The van der Waals surface area contributed by atoms with Crippen LogP contribution in [0.4, 0.5) is 5.69 Å². The molecule has 0 aliphatic carbocycles. The van der Waals surface area contributed by atoms with Crippen molar-refractivity contribution >= 4 is 17.0 Å². The lowest BCUT2D eigenvalue weighted by molar-refractivity contribution is 0.199. The highest BCUT2D eigenvalue weighted by Crippen LogP contribution is 2.32. The highest BCUT2D eigenvalue weighted by Gasteiger charge is 2.17. The first-order valence-corrected chi connectivity index (χ1v) is 7.02. The van der Waals surface area contributed by atoms with E-state index in [1.807, 2.05) is 25.1 Å². The molecule has 0 fully saturated rings. The Morgan fingerprint density at radius 1 is 1.11 bits per heavy atom. The molecule has 1 heterocycles. The molecule has 0 amide bonds. The summed E-state index contributed by atoms with van der Waals surface area (Å²) >= 11 is 1.76. The molecular weight excluding hydrogens is 242 g/mol. The van der Waals surface area contributed by atoms with E-state index in [9.17, 15) is 5.11 Å². The Labute approximate surface area is 113 Å². The molecule has 0 aliphatic heterocycles. The zero-order valence-electron chi connectivity index (χ0n) is 11.0. The lowest BCUT2D eigenvalue weighted by Gasteiger charge is -2.29. The fourth-order valence-corrected chi connectivity index (χ4v) is 2.92. The minimum Gasteiger partial charge on any atom is -0.389 e. The van der Waals surface area contributed by atoms with Crippen LogP contribution in [0.3, 0.4) is 0 Å². The number of benzene rings is 1. The molecule has 96 valence electrons. The van der Waals surface area contributed by atoms with Gasteiger partial charge in [-0.3, -0.25) is 0 Å². The molecule has 0 spiro atoms. The standard InChI is InChI=1S/C15H19NOS/c1-11(15-9-6-10-18-15)16(3)14-8-5-4-7-13(14)12(2)17/h4-12,17H,1-3H3/t11?,12-/m0/s1. The van der Waals surface area contributed by atoms with Crippen molar-refractivity contribution in [1.29, 1.82) is 0 Å². The van der Waals surface area contributed by atoms with Gasteiger partial charge in [0, 0.05) is 23.2 Å². The molecule has 0 bridgehead atoms. The van der Waals surface area contributed by atoms with Crippen LogP contribution in [-0.2, 0) is 0 Å². The zero-order valence-corrected chi connectivity index (χ0v) is 11.8. The van der Waals surface area contributed by atoms with Gasteiger partial charge in [-0.1, -0.05) is 24.3 Å². The number of nitrogens with zero attached hydrogens (tertiary/aromatic N) is 1. The third kappa shape index (κ3) is 2.57. The van der Waals surface area contributed by atoms with Crippen LogP contribution in [-0.4, -0.2) is 12.2 Å². The van der Waals surface area contributed by atoms with Crippen LogP contribution >= 0.6 is 11.3 Å². The molecule has 1 aromatic heterocycles. The molecule has 0 saturated heterocycles. The number of aliphatic hydroxyl groups excluding tert-OH is 1. The van der Waals surface area contributed by atoms with Crippen molar-refractivity contribution in [2.75, 3.05) is 11.9 Å². The van der Waals surface area contributed by atoms with Crippen LogP contribution in [0.25, 0.3) is 0 Å². The predicted octanol–water partition coefficient (Wildman–Crippen LogP) is 4.00. The van der Waals surface area contributed by atoms with Crippen molar-refractivity contribution in [2.45, 2.75) is 26.0 Å². The molecule has 2 rings (SSSR count). The molecule has 1 N–H and O–H groups in total. The second kappa shape index (κ2) is 5.55. The second-order valence-corrected chi connectivity index (χ2v) is 5.52. The van der Waals surface area contributed by atoms with Gasteiger partial charge in [-0.25, -0.2) is 0 Å². The molecule has 3 heteroatoms. The molecule has 1 unspecified atom stereocenters. The van der Waals surface area contributed by atoms with E-state index >= 15 is 0 Å². The maximum atomic E-state index is 9.84. The Bertz CT molecular complexity index is 493. The first-order valence-electron chi connectivity index (χ1n) is 6.14. The van der Waals surface area contributed by atoms with Gasteiger partial charge >= 0.3 is 0 Å². The Morgan fingerprint density at radius 2 is 1.83 bits per heavy atom. The van der Waals surface area contributed by atoms with E-state index in [2.05, 4.69) is 42.5 Å². The number of anilines is 1. The fourth-order valence-electron chi connectivity index (χ4n) is 2.09. The van der Waals surface area contributed by atoms with Gasteiger partial charge in [0.25, 0.3) is 0 Å². The normalized spacial score (nSPS) is 14.2. The van der Waals surface area contributed by atoms with Crippen molar-refractivity contribution < 1.29 is 5.11 Å². The van der Waals surface area contributed by atoms with E-state index < -0.39 is 6.10 Å². The van der Waals surface area contributed by atoms with Crippen LogP contribution < -0.4 is 4.90 Å². The van der Waals surface area contributed by atoms with Gasteiger partial charge in [0.15, 0.2) is 0 Å². The minimum atomic E-state index is -0.445. The summed E-state index contributed by atoms with van der Waals surface area (Å²) in [6, 6.07) is 12.6. The number of aliphatic hydroxyl groups is 1. The Hall–Kier alpha value is -1.32. The van der Waals surface area contributed by atoms with E-state index in [1.165, 1.54) is 4.88 Å². The summed E-state index contributed by atoms with van der Waals surface area (Å²) in [7, 11) is 2.08. The summed E-state index contributed by atoms with van der Waals surface area (Å²) in [5, 5.41) is 11.9. The predicted molar refractivity (Wildman–Crippen MR) is 78.2 cm³/mol. The van der Waals surface area contributed by atoms with Crippen molar-refractivity contribution in [2.24, 2.45) is 0 Å². The summed E-state index contributed by atoms with van der Waals surface area (Å²) in [6.45, 7) is 3.99. The van der Waals surface area contributed by atoms with Crippen LogP contribution in [0.15, 0.2) is 41.8 Å². The molecule has 2 aromatic rings. The van der Waals surface area contributed by atoms with Crippen molar-refractivity contribution in [3.8, 4) is 0 Å². The topological polar surface area (TPSA) is 23.5 Å². The summed E-state index contributed by atoms with van der Waals surface area (Å²) in [5.41, 5.74) is 2.07. The van der Waals surface area contributed by atoms with Crippen molar-refractivity contribution in [1.82, 2.24) is 0 Å². The number of rotatable bonds is 4. The number of para-hydroxylation sites is 1. The van der Waals surface area contributed by atoms with E-state index in [4.69, 9.17) is 0 Å². The average Bonchev–Trinajstić information content (AvgIpc) is 2.90. The van der Waals surface area contributed by atoms with E-state index in [0.29, 0.717) is 6.04 Å². The zero-order chi connectivity index (χ0) is 13.1. The Kier molecular flexibility index (Phi) is 4.04. The first-order chi connectivity index (χ1) is 8.61. The highest BCUT2D eigenvalue weighted by molar-refractivity contribution is 7.10. The molecule has 0 saturated carbocycles. The van der Waals surface area contributed by atoms with Crippen LogP contribution in [0.5, 0.6) is 0 Å². The summed E-state index contributed by atoms with van der Waals surface area (Å²) in [6.07, 6.45) is -0.445. The second-order valence-electron chi connectivity index (χ2n) is 4.54. The number of hydrogen-bond acceptors (Lipinski definition) is 3. The van der Waals surface area contributed by atoms with Gasteiger partial charge in [-0.15, -0.1) is 11.3 Å². The van der Waals surface area contributed by atoms with Crippen LogP contribution in [0.2, 0.25) is 0 Å². The average molecular weight is 261 g/mol. The van der Waals surface area contributed by atoms with Gasteiger partial charge in [0.05, 0.1) is 12.1 Å². The van der Waals surface area contributed by atoms with Crippen molar-refractivity contribution in [3.05, 3.63) is 52.2 Å². The fraction of sp³-hybridized carbons (Fsp3) is 0.333. The summed E-state index contributed by atoms with van der Waals surface area (Å²) in [4.78, 5) is 3.55. The van der Waals surface area contributed by atoms with E-state index in [-0.39, 0.29) is 0 Å². The molecule has 1 aromatic carbocycles. The Balaban J connectivity index is 2.31. The van der Waals surface area contributed by atoms with Crippen LogP contribution in [0.1, 0.15) is 36.4 Å². The lowest BCUT2D eigenvalue weighted by atomic mass is 10.1. The molecule has 18 heavy (non-hydrogen) atoms. The lowest BCUT2D eigenvalue weighted by Crippen LogP contribution is -2.22. The highest BCUT2D eigenvalue weighted by atomic mass is 32.1. The maximum Gasteiger partial charge on any atom is 0.0781 e. The third-order valence-corrected chi connectivity index (χ3v) is 4.35. The van der Waals surface area contributed by atoms with E-state index in [0.717, 1.165) is 11.3 Å². The SMILES string of the molecule is CC(c1cccs1)N(C)c1ccccc1[C@H](C)O. The van der Waals surface area contributed by atoms with Gasteiger partial charge in [0.1, 0.15) is 0 Å². The number of hydrogen-bond donors (Lipinski definition) is 1. The largest absolute Gasteiger partial charge is 0.389 e. The number of thiophene rings is 1. The monoisotopic (exact) mass is 261 g/mol. The van der Waals surface area contributed by atoms with Gasteiger partial charge in [-0.2, -0.15) is 0 Å².